The van der Waals surface area contributed by atoms with E-state index in [1.807, 2.05) is 43.3 Å². The zero-order chi connectivity index (χ0) is 16.8. The Morgan fingerprint density at radius 1 is 1.04 bits per heavy atom. The maximum absolute atomic E-state index is 12.4. The molecule has 4 nitrogen and oxygen atoms in total. The molecule has 0 fully saturated rings. The number of benzene rings is 2. The monoisotopic (exact) mass is 313 g/mol. The van der Waals surface area contributed by atoms with Gasteiger partial charge in [0, 0.05) is 5.69 Å². The Labute approximate surface area is 137 Å². The summed E-state index contributed by atoms with van der Waals surface area (Å²) in [5.74, 6) is 1.27. The molecule has 2 aromatic carbocycles. The molecule has 1 N–H and O–H groups in total. The first kappa shape index (κ1) is 16.9. The number of anilines is 1. The van der Waals surface area contributed by atoms with E-state index in [1.54, 1.807) is 14.2 Å². The van der Waals surface area contributed by atoms with Gasteiger partial charge in [-0.25, -0.2) is 0 Å². The molecule has 0 aromatic heterocycles. The van der Waals surface area contributed by atoms with Gasteiger partial charge in [0.15, 0.2) is 11.5 Å². The molecule has 0 unspecified atom stereocenters. The minimum atomic E-state index is -0.0405. The summed E-state index contributed by atoms with van der Waals surface area (Å²) in [5, 5.41) is 2.99. The molecule has 0 spiro atoms. The lowest BCUT2D eigenvalue weighted by Crippen LogP contribution is -2.16. The minimum Gasteiger partial charge on any atom is -0.493 e. The fraction of sp³-hybridized carbons (Fsp3) is 0.316. The topological polar surface area (TPSA) is 47.6 Å². The average molecular weight is 313 g/mol. The Balaban J connectivity index is 2.17. The van der Waals surface area contributed by atoms with Crippen LogP contribution in [0, 0.1) is 6.92 Å². The first-order chi connectivity index (χ1) is 11.1. The molecule has 2 rings (SSSR count). The van der Waals surface area contributed by atoms with Crippen LogP contribution in [0.4, 0.5) is 5.69 Å². The molecule has 0 aliphatic carbocycles. The SMILES string of the molecule is CCc1ccccc1NC(=O)Cc1cc(OC)c(OC)cc1C. The highest BCUT2D eigenvalue weighted by atomic mass is 16.5. The molecule has 0 aliphatic rings. The second kappa shape index (κ2) is 7.68. The van der Waals surface area contributed by atoms with Crippen LogP contribution in [0.25, 0.3) is 0 Å². The Morgan fingerprint density at radius 2 is 1.70 bits per heavy atom. The summed E-state index contributed by atoms with van der Waals surface area (Å²) < 4.78 is 10.6. The lowest BCUT2D eigenvalue weighted by Gasteiger charge is -2.14. The van der Waals surface area contributed by atoms with E-state index >= 15 is 0 Å². The lowest BCUT2D eigenvalue weighted by molar-refractivity contribution is -0.115. The number of amides is 1. The zero-order valence-electron chi connectivity index (χ0n) is 14.1. The number of hydrogen-bond acceptors (Lipinski definition) is 3. The summed E-state index contributed by atoms with van der Waals surface area (Å²) in [4.78, 5) is 12.4. The number of para-hydroxylation sites is 1. The van der Waals surface area contributed by atoms with Crippen molar-refractivity contribution in [2.24, 2.45) is 0 Å². The van der Waals surface area contributed by atoms with Gasteiger partial charge in [0.25, 0.3) is 0 Å². The van der Waals surface area contributed by atoms with Crippen LogP contribution in [-0.2, 0) is 17.6 Å². The highest BCUT2D eigenvalue weighted by molar-refractivity contribution is 5.93. The normalized spacial score (nSPS) is 10.3. The van der Waals surface area contributed by atoms with E-state index < -0.39 is 0 Å². The average Bonchev–Trinajstić information content (AvgIpc) is 2.56. The van der Waals surface area contributed by atoms with Crippen molar-refractivity contribution >= 4 is 11.6 Å². The summed E-state index contributed by atoms with van der Waals surface area (Å²) in [6, 6.07) is 11.6. The largest absolute Gasteiger partial charge is 0.493 e. The summed E-state index contributed by atoms with van der Waals surface area (Å²) >= 11 is 0. The third-order valence-electron chi connectivity index (χ3n) is 3.87. The van der Waals surface area contributed by atoms with Gasteiger partial charge in [-0.2, -0.15) is 0 Å². The van der Waals surface area contributed by atoms with Crippen molar-refractivity contribution in [2.75, 3.05) is 19.5 Å². The number of aryl methyl sites for hydroxylation is 2. The molecule has 0 heterocycles. The van der Waals surface area contributed by atoms with Gasteiger partial charge >= 0.3 is 0 Å². The molecule has 4 heteroatoms. The molecule has 0 aliphatic heterocycles. The molecule has 23 heavy (non-hydrogen) atoms. The van der Waals surface area contributed by atoms with Crippen LogP contribution in [0.15, 0.2) is 36.4 Å². The molecule has 1 amide bonds. The summed E-state index contributed by atoms with van der Waals surface area (Å²) in [6.07, 6.45) is 1.18. The van der Waals surface area contributed by atoms with Crippen LogP contribution in [0.3, 0.4) is 0 Å². The van der Waals surface area contributed by atoms with Crippen LogP contribution < -0.4 is 14.8 Å². The zero-order valence-corrected chi connectivity index (χ0v) is 14.1. The first-order valence-electron chi connectivity index (χ1n) is 7.68. The predicted molar refractivity (Wildman–Crippen MR) is 92.4 cm³/mol. The predicted octanol–water partition coefficient (Wildman–Crippen LogP) is 3.76. The maximum atomic E-state index is 12.4. The smallest absolute Gasteiger partial charge is 0.228 e. The summed E-state index contributed by atoms with van der Waals surface area (Å²) in [7, 11) is 3.19. The van der Waals surface area contributed by atoms with Crippen LogP contribution in [-0.4, -0.2) is 20.1 Å². The number of methoxy groups -OCH3 is 2. The van der Waals surface area contributed by atoms with Gasteiger partial charge in [0.05, 0.1) is 20.6 Å². The van der Waals surface area contributed by atoms with Gasteiger partial charge in [-0.15, -0.1) is 0 Å². The Hall–Kier alpha value is -2.49. The number of nitrogens with one attached hydrogen (secondary N) is 1. The van der Waals surface area contributed by atoms with Gasteiger partial charge < -0.3 is 14.8 Å². The van der Waals surface area contributed by atoms with Crippen LogP contribution in [0.5, 0.6) is 11.5 Å². The molecule has 0 radical (unpaired) electrons. The van der Waals surface area contributed by atoms with Gasteiger partial charge in [-0.3, -0.25) is 4.79 Å². The molecular formula is C19H23NO3. The van der Waals surface area contributed by atoms with E-state index in [0.717, 1.165) is 28.8 Å². The van der Waals surface area contributed by atoms with Crippen molar-refractivity contribution in [3.8, 4) is 11.5 Å². The molecule has 0 atom stereocenters. The maximum Gasteiger partial charge on any atom is 0.228 e. The van der Waals surface area contributed by atoms with E-state index in [9.17, 15) is 4.79 Å². The highest BCUT2D eigenvalue weighted by Crippen LogP contribution is 2.30. The number of rotatable bonds is 6. The first-order valence-corrected chi connectivity index (χ1v) is 7.68. The fourth-order valence-corrected chi connectivity index (χ4v) is 2.53. The van der Waals surface area contributed by atoms with E-state index in [2.05, 4.69) is 12.2 Å². The highest BCUT2D eigenvalue weighted by Gasteiger charge is 2.12. The van der Waals surface area contributed by atoms with Crippen molar-refractivity contribution < 1.29 is 14.3 Å². The number of ether oxygens (including phenoxy) is 2. The molecule has 2 aromatic rings. The molecule has 0 bridgehead atoms. The quantitative estimate of drug-likeness (QED) is 0.883. The minimum absolute atomic E-state index is 0.0405. The molecular weight excluding hydrogens is 290 g/mol. The lowest BCUT2D eigenvalue weighted by atomic mass is 10.0. The number of carbonyl (C=O) groups is 1. The Kier molecular flexibility index (Phi) is 5.63. The van der Waals surface area contributed by atoms with Crippen LogP contribution in [0.2, 0.25) is 0 Å². The Morgan fingerprint density at radius 3 is 2.35 bits per heavy atom. The van der Waals surface area contributed by atoms with E-state index in [0.29, 0.717) is 17.9 Å². The molecule has 122 valence electrons. The number of hydrogen-bond donors (Lipinski definition) is 1. The fourth-order valence-electron chi connectivity index (χ4n) is 2.53. The van der Waals surface area contributed by atoms with E-state index in [4.69, 9.17) is 9.47 Å². The van der Waals surface area contributed by atoms with E-state index in [1.165, 1.54) is 0 Å². The molecule has 0 saturated heterocycles. The summed E-state index contributed by atoms with van der Waals surface area (Å²) in [5.41, 5.74) is 3.93. The third-order valence-corrected chi connectivity index (χ3v) is 3.87. The van der Waals surface area contributed by atoms with Crippen molar-refractivity contribution in [1.82, 2.24) is 0 Å². The van der Waals surface area contributed by atoms with Crippen molar-refractivity contribution in [2.45, 2.75) is 26.7 Å². The third kappa shape index (κ3) is 4.03. The van der Waals surface area contributed by atoms with Crippen LogP contribution in [0.1, 0.15) is 23.6 Å². The van der Waals surface area contributed by atoms with Crippen molar-refractivity contribution in [3.05, 3.63) is 53.1 Å². The van der Waals surface area contributed by atoms with E-state index in [-0.39, 0.29) is 5.91 Å². The Bertz CT molecular complexity index is 695. The van der Waals surface area contributed by atoms with Gasteiger partial charge in [0.2, 0.25) is 5.91 Å². The molecule has 0 saturated carbocycles. The van der Waals surface area contributed by atoms with Crippen LogP contribution >= 0.6 is 0 Å². The summed E-state index contributed by atoms with van der Waals surface area (Å²) in [6.45, 7) is 4.04. The van der Waals surface area contributed by atoms with Gasteiger partial charge in [-0.1, -0.05) is 25.1 Å². The second-order valence-electron chi connectivity index (χ2n) is 5.37. The van der Waals surface area contributed by atoms with Crippen molar-refractivity contribution in [3.63, 3.8) is 0 Å². The van der Waals surface area contributed by atoms with Gasteiger partial charge in [-0.05, 0) is 48.2 Å². The standard InChI is InChI=1S/C19H23NO3/c1-5-14-8-6-7-9-16(14)20-19(21)12-15-11-18(23-4)17(22-3)10-13(15)2/h6-11H,5,12H2,1-4H3,(H,20,21). The van der Waals surface area contributed by atoms with Gasteiger partial charge in [0.1, 0.15) is 0 Å². The van der Waals surface area contributed by atoms with Crippen molar-refractivity contribution in [1.29, 1.82) is 0 Å². The number of carbonyl (C=O) groups excluding carboxylic acids is 1. The second-order valence-corrected chi connectivity index (χ2v) is 5.37.